The molecule has 0 aromatic heterocycles. The van der Waals surface area contributed by atoms with Crippen LogP contribution in [-0.2, 0) is 19.4 Å². The third kappa shape index (κ3) is 19.0. The quantitative estimate of drug-likeness (QED) is 0.230. The topological polar surface area (TPSA) is 83.5 Å². The van der Waals surface area contributed by atoms with E-state index in [4.69, 9.17) is 0 Å². The Balaban J connectivity index is 0. The summed E-state index contributed by atoms with van der Waals surface area (Å²) in [5.41, 5.74) is 0. The minimum absolute atomic E-state index is 0. The maximum absolute atomic E-state index is 10.9. The Bertz CT molecular complexity index is 316. The van der Waals surface area contributed by atoms with Gasteiger partial charge in [-0.15, -0.1) is 0 Å². The molecule has 0 spiro atoms. The van der Waals surface area contributed by atoms with Crippen LogP contribution < -0.4 is 51.4 Å². The second kappa shape index (κ2) is 14.0. The van der Waals surface area contributed by atoms with Crippen LogP contribution in [0.5, 0.6) is 0 Å². The fourth-order valence-electron chi connectivity index (χ4n) is 1.74. The van der Waals surface area contributed by atoms with E-state index in [0.29, 0.717) is 6.42 Å². The Hall–Kier alpha value is 1.02. The molecule has 0 heterocycles. The number of unbranched alkanes of at least 4 members (excludes halogenated alkanes) is 8. The summed E-state index contributed by atoms with van der Waals surface area (Å²) in [6, 6.07) is 0. The van der Waals surface area contributed by atoms with Crippen molar-refractivity contribution in [2.75, 3.05) is 0 Å². The molecule has 0 aliphatic carbocycles. The molecule has 0 saturated carbocycles. The Labute approximate surface area is 159 Å². The van der Waals surface area contributed by atoms with E-state index >= 15 is 0 Å². The van der Waals surface area contributed by atoms with Crippen LogP contribution >= 0.6 is 0 Å². The summed E-state index contributed by atoms with van der Waals surface area (Å²) in [7, 11) is -4.88. The summed E-state index contributed by atoms with van der Waals surface area (Å²) in [6.07, 6.45) is 9.87. The molecule has 108 valence electrons. The summed E-state index contributed by atoms with van der Waals surface area (Å²) in [6.45, 7) is 2.18. The van der Waals surface area contributed by atoms with E-state index < -0.39 is 16.4 Å². The molecule has 0 unspecified atom stereocenters. The van der Waals surface area contributed by atoms with Crippen molar-refractivity contribution in [1.29, 1.82) is 0 Å². The molecule has 0 saturated heterocycles. The van der Waals surface area contributed by atoms with Gasteiger partial charge in [0.1, 0.15) is 0 Å². The van der Waals surface area contributed by atoms with E-state index in [1.807, 2.05) is 0 Å². The molecule has 0 aliphatic rings. The van der Waals surface area contributed by atoms with Gasteiger partial charge < -0.3 is 8.74 Å². The van der Waals surface area contributed by atoms with Crippen molar-refractivity contribution in [3.8, 4) is 0 Å². The zero-order chi connectivity index (χ0) is 13.9. The van der Waals surface area contributed by atoms with E-state index in [1.165, 1.54) is 32.1 Å². The first-order valence-corrected chi connectivity index (χ1v) is 7.97. The van der Waals surface area contributed by atoms with Crippen molar-refractivity contribution in [2.24, 2.45) is 0 Å². The van der Waals surface area contributed by atoms with Gasteiger partial charge in [-0.3, -0.25) is 4.79 Å². The minimum Gasteiger partial charge on any atom is -0.716 e. The van der Waals surface area contributed by atoms with E-state index in [0.717, 1.165) is 19.3 Å². The predicted octanol–water partition coefficient (Wildman–Crippen LogP) is -0.0853. The van der Waals surface area contributed by atoms with Gasteiger partial charge in [-0.25, -0.2) is 8.42 Å². The van der Waals surface area contributed by atoms with Crippen LogP contribution in [0.3, 0.4) is 0 Å². The molecule has 0 aromatic carbocycles. The van der Waals surface area contributed by atoms with Crippen LogP contribution in [-0.4, -0.2) is 18.9 Å². The maximum Gasteiger partial charge on any atom is 1.00 e. The van der Waals surface area contributed by atoms with Gasteiger partial charge in [0, 0.05) is 6.42 Å². The van der Waals surface area contributed by atoms with Crippen molar-refractivity contribution in [3.63, 3.8) is 0 Å². The molecule has 0 fully saturated rings. The Morgan fingerprint density at radius 3 is 1.79 bits per heavy atom. The van der Waals surface area contributed by atoms with E-state index in [-0.39, 0.29) is 57.8 Å². The molecular formula is C12H23KO5S. The summed E-state index contributed by atoms with van der Waals surface area (Å²) in [5, 5.41) is 0. The van der Waals surface area contributed by atoms with Crippen molar-refractivity contribution in [3.05, 3.63) is 0 Å². The van der Waals surface area contributed by atoms with Crippen LogP contribution in [0.4, 0.5) is 0 Å². The molecule has 19 heavy (non-hydrogen) atoms. The van der Waals surface area contributed by atoms with Crippen molar-refractivity contribution in [1.82, 2.24) is 0 Å². The van der Waals surface area contributed by atoms with Crippen LogP contribution in [0, 0.1) is 0 Å². The predicted molar refractivity (Wildman–Crippen MR) is 67.6 cm³/mol. The van der Waals surface area contributed by atoms with Crippen molar-refractivity contribution in [2.45, 2.75) is 71.1 Å². The van der Waals surface area contributed by atoms with E-state index in [1.54, 1.807) is 0 Å². The van der Waals surface area contributed by atoms with Crippen LogP contribution in [0.15, 0.2) is 0 Å². The van der Waals surface area contributed by atoms with Crippen LogP contribution in [0.2, 0.25) is 0 Å². The summed E-state index contributed by atoms with van der Waals surface area (Å²) < 4.78 is 34.0. The summed E-state index contributed by atoms with van der Waals surface area (Å²) >= 11 is 0. The molecular weight excluding hydrogens is 295 g/mol. The molecule has 5 nitrogen and oxygen atoms in total. The first-order chi connectivity index (χ1) is 8.45. The SMILES string of the molecule is CCCCCCCCCCCC(=O)OS(=O)(=O)[O-].[K+]. The van der Waals surface area contributed by atoms with Crippen LogP contribution in [0.1, 0.15) is 71.1 Å². The van der Waals surface area contributed by atoms with Gasteiger partial charge in [-0.1, -0.05) is 58.3 Å². The van der Waals surface area contributed by atoms with Gasteiger partial charge >= 0.3 is 57.4 Å². The smallest absolute Gasteiger partial charge is 0.716 e. The van der Waals surface area contributed by atoms with Gasteiger partial charge in [-0.05, 0) is 6.42 Å². The average molecular weight is 318 g/mol. The summed E-state index contributed by atoms with van der Waals surface area (Å²) in [4.78, 5) is 10.9. The molecule has 0 rings (SSSR count). The summed E-state index contributed by atoms with van der Waals surface area (Å²) in [5.74, 6) is -0.951. The minimum atomic E-state index is -4.88. The first kappa shape index (κ1) is 22.3. The molecule has 0 aliphatic heterocycles. The van der Waals surface area contributed by atoms with E-state index in [9.17, 15) is 17.8 Å². The number of rotatable bonds is 11. The second-order valence-corrected chi connectivity index (χ2v) is 5.43. The Kier molecular flexibility index (Phi) is 16.4. The molecule has 0 aromatic rings. The van der Waals surface area contributed by atoms with Gasteiger partial charge in [0.2, 0.25) is 0 Å². The first-order valence-electron chi connectivity index (χ1n) is 6.64. The number of carbonyl (C=O) groups excluding carboxylic acids is 1. The normalized spacial score (nSPS) is 10.8. The second-order valence-electron chi connectivity index (χ2n) is 4.44. The van der Waals surface area contributed by atoms with Gasteiger partial charge in [0.15, 0.2) is 0 Å². The molecule has 0 N–H and O–H groups in total. The number of carbonyl (C=O) groups is 1. The fraction of sp³-hybridized carbons (Fsp3) is 0.917. The van der Waals surface area contributed by atoms with E-state index in [2.05, 4.69) is 11.1 Å². The average Bonchev–Trinajstić information content (AvgIpc) is 2.24. The number of hydrogen-bond acceptors (Lipinski definition) is 5. The number of hydrogen-bond donors (Lipinski definition) is 0. The third-order valence-electron chi connectivity index (χ3n) is 2.68. The zero-order valence-corrected chi connectivity index (χ0v) is 16.0. The van der Waals surface area contributed by atoms with Gasteiger partial charge in [0.05, 0.1) is 0 Å². The fourth-order valence-corrected chi connectivity index (χ4v) is 2.05. The van der Waals surface area contributed by atoms with Crippen molar-refractivity contribution >= 4 is 16.4 Å². The zero-order valence-electron chi connectivity index (χ0n) is 12.0. The monoisotopic (exact) mass is 318 g/mol. The third-order valence-corrected chi connectivity index (χ3v) is 3.07. The maximum atomic E-state index is 10.9. The Morgan fingerprint density at radius 1 is 0.947 bits per heavy atom. The van der Waals surface area contributed by atoms with Gasteiger partial charge in [0.25, 0.3) is 10.4 Å². The Morgan fingerprint density at radius 2 is 1.37 bits per heavy atom. The van der Waals surface area contributed by atoms with Crippen LogP contribution in [0.25, 0.3) is 0 Å². The largest absolute Gasteiger partial charge is 1.00 e. The molecule has 0 bridgehead atoms. The molecule has 7 heteroatoms. The standard InChI is InChI=1S/C12H24O5S.K/c1-2-3-4-5-6-7-8-9-10-11-12(13)17-18(14,15)16;/h2-11H2,1H3,(H,14,15,16);/q;+1/p-1. The molecule has 0 amide bonds. The van der Waals surface area contributed by atoms with Crippen molar-refractivity contribution < 1.29 is 73.3 Å². The molecule has 0 radical (unpaired) electrons. The van der Waals surface area contributed by atoms with Gasteiger partial charge in [-0.2, -0.15) is 0 Å². The molecule has 0 atom stereocenters.